The predicted octanol–water partition coefficient (Wildman–Crippen LogP) is 4.41. The van der Waals surface area contributed by atoms with Gasteiger partial charge in [0.2, 0.25) is 0 Å². The minimum absolute atomic E-state index is 0.211. The molecule has 1 aromatic heterocycles. The summed E-state index contributed by atoms with van der Waals surface area (Å²) < 4.78 is 15.4. The van der Waals surface area contributed by atoms with Crippen LogP contribution in [0.3, 0.4) is 0 Å². The molecule has 2 aromatic rings. The SMILES string of the molecule is C=C1CNCCN1/C(=C\C)c1ccc2cnc(NC(=O)C3(F)CCN(CC(C)C)CC3)cc2c1. The second-order valence-electron chi connectivity index (χ2n) is 9.81. The fourth-order valence-corrected chi connectivity index (χ4v) is 4.88. The Hall–Kier alpha value is -2.77. The molecular weight excluding hydrogens is 429 g/mol. The zero-order chi connectivity index (χ0) is 24.3. The maximum absolute atomic E-state index is 15.4. The Morgan fingerprint density at radius 1 is 1.26 bits per heavy atom. The molecule has 7 heteroatoms. The van der Waals surface area contributed by atoms with Crippen LogP contribution in [0.1, 0.15) is 39.2 Å². The van der Waals surface area contributed by atoms with E-state index in [1.54, 1.807) is 6.20 Å². The molecule has 0 atom stereocenters. The van der Waals surface area contributed by atoms with Crippen molar-refractivity contribution in [1.82, 2.24) is 20.1 Å². The van der Waals surface area contributed by atoms with E-state index < -0.39 is 11.6 Å². The lowest BCUT2D eigenvalue weighted by Gasteiger charge is -2.36. The third-order valence-electron chi connectivity index (χ3n) is 6.73. The first kappa shape index (κ1) is 24.4. The lowest BCUT2D eigenvalue weighted by molar-refractivity contribution is -0.130. The summed E-state index contributed by atoms with van der Waals surface area (Å²) in [5, 5.41) is 8.00. The summed E-state index contributed by atoms with van der Waals surface area (Å²) in [5.74, 6) is 0.316. The van der Waals surface area contributed by atoms with Gasteiger partial charge in [0.1, 0.15) is 5.82 Å². The highest BCUT2D eigenvalue weighted by molar-refractivity contribution is 5.98. The van der Waals surface area contributed by atoms with E-state index in [-0.39, 0.29) is 12.8 Å². The van der Waals surface area contributed by atoms with Gasteiger partial charge in [-0.05, 0) is 35.9 Å². The quantitative estimate of drug-likeness (QED) is 0.662. The van der Waals surface area contributed by atoms with E-state index in [1.807, 2.05) is 19.1 Å². The molecule has 0 aliphatic carbocycles. The molecule has 34 heavy (non-hydrogen) atoms. The summed E-state index contributed by atoms with van der Waals surface area (Å²) in [4.78, 5) is 21.7. The molecule has 6 nitrogen and oxygen atoms in total. The zero-order valence-corrected chi connectivity index (χ0v) is 20.5. The molecule has 182 valence electrons. The summed E-state index contributed by atoms with van der Waals surface area (Å²) in [6.45, 7) is 15.2. The topological polar surface area (TPSA) is 60.5 Å². The number of nitrogens with one attached hydrogen (secondary N) is 2. The molecule has 0 unspecified atom stereocenters. The van der Waals surface area contributed by atoms with Crippen molar-refractivity contribution >= 4 is 28.2 Å². The molecule has 0 bridgehead atoms. The van der Waals surface area contributed by atoms with Crippen LogP contribution in [0.25, 0.3) is 16.5 Å². The molecule has 2 aliphatic heterocycles. The van der Waals surface area contributed by atoms with Gasteiger partial charge in [-0.15, -0.1) is 0 Å². The fraction of sp³-hybridized carbons (Fsp3) is 0.481. The summed E-state index contributed by atoms with van der Waals surface area (Å²) in [5.41, 5.74) is 1.36. The van der Waals surface area contributed by atoms with E-state index >= 15 is 4.39 Å². The van der Waals surface area contributed by atoms with Gasteiger partial charge in [0.25, 0.3) is 5.91 Å². The molecule has 4 rings (SSSR count). The number of benzene rings is 1. The molecule has 2 N–H and O–H groups in total. The summed E-state index contributed by atoms with van der Waals surface area (Å²) in [6.07, 6.45) is 4.25. The first-order chi connectivity index (χ1) is 16.3. The Kier molecular flexibility index (Phi) is 7.33. The molecule has 2 aliphatic rings. The number of anilines is 1. The Bertz CT molecular complexity index is 1090. The highest BCUT2D eigenvalue weighted by Gasteiger charge is 2.41. The van der Waals surface area contributed by atoms with Crippen LogP contribution >= 0.6 is 0 Å². The van der Waals surface area contributed by atoms with Gasteiger partial charge in [0.05, 0.1) is 0 Å². The van der Waals surface area contributed by atoms with Crippen molar-refractivity contribution in [2.24, 2.45) is 5.92 Å². The van der Waals surface area contributed by atoms with Crippen LogP contribution in [0, 0.1) is 5.92 Å². The van der Waals surface area contributed by atoms with Crippen molar-refractivity contribution in [3.05, 3.63) is 54.4 Å². The fourth-order valence-electron chi connectivity index (χ4n) is 4.88. The number of piperazine rings is 1. The molecule has 0 radical (unpaired) electrons. The number of carbonyl (C=O) groups is 1. The number of rotatable bonds is 6. The first-order valence-corrected chi connectivity index (χ1v) is 12.2. The van der Waals surface area contributed by atoms with E-state index in [9.17, 15) is 4.79 Å². The molecule has 1 aromatic carbocycles. The van der Waals surface area contributed by atoms with Crippen molar-refractivity contribution in [2.45, 2.75) is 39.3 Å². The number of piperidine rings is 1. The molecule has 1 amide bonds. The number of carbonyl (C=O) groups excluding carboxylic acids is 1. The van der Waals surface area contributed by atoms with Crippen molar-refractivity contribution in [3.8, 4) is 0 Å². The van der Waals surface area contributed by atoms with Gasteiger partial charge in [0.15, 0.2) is 5.67 Å². The maximum Gasteiger partial charge on any atom is 0.263 e. The Balaban J connectivity index is 1.50. The third kappa shape index (κ3) is 5.31. The standard InChI is InChI=1S/C27H36FN5O/c1-5-24(33-13-10-29-16-20(33)4)21-6-7-22-17-30-25(15-23(22)14-21)31-26(34)27(28)8-11-32(12-9-27)18-19(2)3/h5-7,14-15,17,19,29H,4,8-13,16,18H2,1-3H3,(H,30,31,34)/b24-5-. The summed E-state index contributed by atoms with van der Waals surface area (Å²) in [7, 11) is 0. The molecule has 2 fully saturated rings. The van der Waals surface area contributed by atoms with Crippen LogP contribution in [-0.2, 0) is 4.79 Å². The molecule has 0 saturated carbocycles. The molecule has 0 spiro atoms. The van der Waals surface area contributed by atoms with E-state index in [0.717, 1.165) is 53.9 Å². The predicted molar refractivity (Wildman–Crippen MR) is 137 cm³/mol. The average Bonchev–Trinajstić information content (AvgIpc) is 2.82. The van der Waals surface area contributed by atoms with Gasteiger partial charge < -0.3 is 20.4 Å². The van der Waals surface area contributed by atoms with Crippen LogP contribution < -0.4 is 10.6 Å². The lowest BCUT2D eigenvalue weighted by Crippen LogP contribution is -2.49. The number of hydrogen-bond acceptors (Lipinski definition) is 5. The molecule has 2 saturated heterocycles. The number of pyridine rings is 1. The number of amides is 1. The number of fused-ring (bicyclic) bond motifs is 1. The smallest absolute Gasteiger partial charge is 0.263 e. The van der Waals surface area contributed by atoms with Crippen molar-refractivity contribution in [3.63, 3.8) is 0 Å². The van der Waals surface area contributed by atoms with Crippen molar-refractivity contribution in [2.75, 3.05) is 44.6 Å². The average molecular weight is 466 g/mol. The second-order valence-corrected chi connectivity index (χ2v) is 9.81. The van der Waals surface area contributed by atoms with E-state index in [2.05, 4.69) is 64.1 Å². The van der Waals surface area contributed by atoms with Crippen molar-refractivity contribution < 1.29 is 9.18 Å². The van der Waals surface area contributed by atoms with Crippen LogP contribution in [0.4, 0.5) is 10.2 Å². The highest BCUT2D eigenvalue weighted by Crippen LogP contribution is 2.30. The Labute approximate surface area is 201 Å². The van der Waals surface area contributed by atoms with Gasteiger partial charge in [-0.2, -0.15) is 0 Å². The molecule has 3 heterocycles. The van der Waals surface area contributed by atoms with Crippen LogP contribution in [0.15, 0.2) is 48.8 Å². The van der Waals surface area contributed by atoms with Gasteiger partial charge in [-0.3, -0.25) is 4.79 Å². The van der Waals surface area contributed by atoms with Gasteiger partial charge in [0, 0.05) is 75.1 Å². The van der Waals surface area contributed by atoms with Crippen LogP contribution in [-0.4, -0.2) is 65.6 Å². The Morgan fingerprint density at radius 2 is 2.03 bits per heavy atom. The van der Waals surface area contributed by atoms with E-state index in [0.29, 0.717) is 24.8 Å². The number of aromatic nitrogens is 1. The Morgan fingerprint density at radius 3 is 2.71 bits per heavy atom. The summed E-state index contributed by atoms with van der Waals surface area (Å²) in [6, 6.07) is 8.02. The lowest BCUT2D eigenvalue weighted by atomic mass is 9.92. The van der Waals surface area contributed by atoms with Gasteiger partial charge >= 0.3 is 0 Å². The highest BCUT2D eigenvalue weighted by atomic mass is 19.1. The first-order valence-electron chi connectivity index (χ1n) is 12.2. The zero-order valence-electron chi connectivity index (χ0n) is 20.5. The third-order valence-corrected chi connectivity index (χ3v) is 6.73. The minimum Gasteiger partial charge on any atom is -0.343 e. The number of halogens is 1. The largest absolute Gasteiger partial charge is 0.343 e. The number of hydrogen-bond donors (Lipinski definition) is 2. The van der Waals surface area contributed by atoms with Gasteiger partial charge in [-0.1, -0.05) is 38.6 Å². The van der Waals surface area contributed by atoms with Gasteiger partial charge in [-0.25, -0.2) is 9.37 Å². The summed E-state index contributed by atoms with van der Waals surface area (Å²) >= 11 is 0. The number of likely N-dealkylation sites (tertiary alicyclic amines) is 1. The number of alkyl halides is 1. The van der Waals surface area contributed by atoms with Crippen molar-refractivity contribution in [1.29, 1.82) is 0 Å². The van der Waals surface area contributed by atoms with Crippen LogP contribution in [0.5, 0.6) is 0 Å². The number of nitrogens with zero attached hydrogens (tertiary/aromatic N) is 3. The normalized spacial score (nSPS) is 19.6. The minimum atomic E-state index is -1.85. The number of allylic oxidation sites excluding steroid dienone is 1. The van der Waals surface area contributed by atoms with Crippen LogP contribution in [0.2, 0.25) is 0 Å². The maximum atomic E-state index is 15.4. The van der Waals surface area contributed by atoms with E-state index in [4.69, 9.17) is 0 Å². The van der Waals surface area contributed by atoms with E-state index in [1.165, 1.54) is 0 Å². The monoisotopic (exact) mass is 465 g/mol. The molecular formula is C27H36FN5O. The second kappa shape index (κ2) is 10.2.